The van der Waals surface area contributed by atoms with Crippen molar-refractivity contribution in [3.05, 3.63) is 100 Å². The summed E-state index contributed by atoms with van der Waals surface area (Å²) in [4.78, 5) is 18.0. The van der Waals surface area contributed by atoms with Gasteiger partial charge in [0.25, 0.3) is 5.91 Å². The quantitative estimate of drug-likeness (QED) is 0.404. The Kier molecular flexibility index (Phi) is 5.63. The molecule has 0 aliphatic rings. The average molecular weight is 421 g/mol. The van der Waals surface area contributed by atoms with Crippen LogP contribution < -0.4 is 10.6 Å². The topological polar surface area (TPSA) is 67.2 Å². The Morgan fingerprint density at radius 1 is 1.10 bits per heavy atom. The Balaban J connectivity index is 1.80. The molecule has 0 saturated carbocycles. The zero-order valence-electron chi connectivity index (χ0n) is 16.5. The van der Waals surface area contributed by atoms with Crippen molar-refractivity contribution in [3.63, 3.8) is 0 Å². The van der Waals surface area contributed by atoms with Crippen LogP contribution in [-0.2, 0) is 0 Å². The average Bonchev–Trinajstić information content (AvgIpc) is 3.37. The lowest BCUT2D eigenvalue weighted by atomic mass is 9.96. The molecule has 4 aromatic rings. The molecule has 0 radical (unpaired) electrons. The molecule has 3 aromatic heterocycles. The predicted octanol–water partition coefficient (Wildman–Crippen LogP) is 5.95. The molecule has 0 bridgehead atoms. The van der Waals surface area contributed by atoms with E-state index in [4.69, 9.17) is 4.42 Å². The number of aromatic nitrogens is 1. The molecule has 1 amide bonds. The van der Waals surface area contributed by atoms with E-state index in [2.05, 4.69) is 15.6 Å². The van der Waals surface area contributed by atoms with Gasteiger partial charge >= 0.3 is 0 Å². The minimum atomic E-state index is -0.544. The zero-order chi connectivity index (χ0) is 21.1. The van der Waals surface area contributed by atoms with E-state index >= 15 is 0 Å². The maximum Gasteiger partial charge on any atom is 0.291 e. The van der Waals surface area contributed by atoms with Crippen molar-refractivity contribution in [2.75, 3.05) is 10.6 Å². The van der Waals surface area contributed by atoms with Gasteiger partial charge in [-0.15, -0.1) is 11.3 Å². The van der Waals surface area contributed by atoms with Crippen LogP contribution in [0.15, 0.2) is 71.5 Å². The summed E-state index contributed by atoms with van der Waals surface area (Å²) in [6.45, 7) is 3.95. The molecule has 1 atom stereocenters. The number of hydrogen-bond acceptors (Lipinski definition) is 5. The normalized spacial score (nSPS) is 11.8. The number of carbonyl (C=O) groups excluding carboxylic acids is 1. The van der Waals surface area contributed by atoms with Gasteiger partial charge in [0.15, 0.2) is 5.76 Å². The van der Waals surface area contributed by atoms with Gasteiger partial charge in [-0.2, -0.15) is 0 Å². The third-order valence-electron chi connectivity index (χ3n) is 4.87. The van der Waals surface area contributed by atoms with E-state index in [-0.39, 0.29) is 17.5 Å². The number of hydrogen-bond donors (Lipinski definition) is 2. The molecule has 30 heavy (non-hydrogen) atoms. The summed E-state index contributed by atoms with van der Waals surface area (Å²) in [6.07, 6.45) is 3.12. The van der Waals surface area contributed by atoms with Gasteiger partial charge in [-0.1, -0.05) is 24.3 Å². The zero-order valence-corrected chi connectivity index (χ0v) is 17.3. The van der Waals surface area contributed by atoms with Crippen LogP contribution in [0.1, 0.15) is 38.2 Å². The van der Waals surface area contributed by atoms with E-state index < -0.39 is 6.04 Å². The summed E-state index contributed by atoms with van der Waals surface area (Å²) in [5.74, 6) is 0.132. The fourth-order valence-electron chi connectivity index (χ4n) is 3.27. The molecule has 3 heterocycles. The second kappa shape index (κ2) is 8.51. The maximum atomic E-state index is 14.8. The molecule has 0 spiro atoms. The van der Waals surface area contributed by atoms with Gasteiger partial charge in [0, 0.05) is 22.2 Å². The summed E-state index contributed by atoms with van der Waals surface area (Å²) >= 11 is 1.45. The first-order chi connectivity index (χ1) is 14.5. The first-order valence-electron chi connectivity index (χ1n) is 9.41. The third kappa shape index (κ3) is 3.97. The number of anilines is 2. The van der Waals surface area contributed by atoms with Crippen LogP contribution >= 0.6 is 11.3 Å². The summed E-state index contributed by atoms with van der Waals surface area (Å²) in [5.41, 5.74) is 2.25. The first kappa shape index (κ1) is 19.8. The Morgan fingerprint density at radius 2 is 1.90 bits per heavy atom. The molecule has 0 fully saturated rings. The molecule has 152 valence electrons. The number of amides is 1. The van der Waals surface area contributed by atoms with Gasteiger partial charge in [-0.3, -0.25) is 4.79 Å². The van der Waals surface area contributed by atoms with Crippen molar-refractivity contribution in [2.45, 2.75) is 19.9 Å². The molecule has 1 unspecified atom stereocenters. The largest absolute Gasteiger partial charge is 0.459 e. The van der Waals surface area contributed by atoms with E-state index in [0.717, 1.165) is 16.0 Å². The van der Waals surface area contributed by atoms with Crippen LogP contribution in [-0.4, -0.2) is 10.9 Å². The molecule has 7 heteroatoms. The summed E-state index contributed by atoms with van der Waals surface area (Å²) < 4.78 is 20.0. The van der Waals surface area contributed by atoms with E-state index in [9.17, 15) is 9.18 Å². The highest BCUT2D eigenvalue weighted by Gasteiger charge is 2.27. The fourth-order valence-corrected chi connectivity index (χ4v) is 4.36. The number of pyridine rings is 1. The third-order valence-corrected chi connectivity index (χ3v) is 6.00. The van der Waals surface area contributed by atoms with Gasteiger partial charge in [0.05, 0.1) is 12.3 Å². The fraction of sp³-hybridized carbons (Fsp3) is 0.130. The maximum absolute atomic E-state index is 14.8. The first-order valence-corrected chi connectivity index (χ1v) is 10.2. The molecule has 0 aliphatic heterocycles. The van der Waals surface area contributed by atoms with Crippen LogP contribution in [0.5, 0.6) is 0 Å². The van der Waals surface area contributed by atoms with Crippen LogP contribution in [0, 0.1) is 19.7 Å². The second-order valence-electron chi connectivity index (χ2n) is 6.77. The SMILES string of the molecule is Cc1sc(NC(=O)c2ccco2)c(C(Nc2ccccn2)c2ccccc2F)c1C. The standard InChI is InChI=1S/C23H20FN3O2S/c1-14-15(2)30-23(27-22(28)18-10-7-13-29-18)20(14)21(16-8-3-4-9-17(16)24)26-19-11-5-6-12-25-19/h3-13,21H,1-2H3,(H,25,26)(H,27,28). The van der Waals surface area contributed by atoms with Crippen LogP contribution in [0.2, 0.25) is 0 Å². The van der Waals surface area contributed by atoms with Gasteiger partial charge in [-0.05, 0) is 49.7 Å². The summed E-state index contributed by atoms with van der Waals surface area (Å²) in [6, 6.07) is 14.8. The smallest absolute Gasteiger partial charge is 0.291 e. The summed E-state index contributed by atoms with van der Waals surface area (Å²) in [7, 11) is 0. The molecule has 1 aromatic carbocycles. The Bertz CT molecular complexity index is 1160. The number of furan rings is 1. The van der Waals surface area contributed by atoms with Gasteiger partial charge < -0.3 is 15.1 Å². The minimum absolute atomic E-state index is 0.213. The molecule has 4 rings (SSSR count). The Hall–Kier alpha value is -3.45. The van der Waals surface area contributed by atoms with Crippen molar-refractivity contribution < 1.29 is 13.6 Å². The molecule has 2 N–H and O–H groups in total. The van der Waals surface area contributed by atoms with E-state index in [1.165, 1.54) is 23.7 Å². The molecule has 5 nitrogen and oxygen atoms in total. The minimum Gasteiger partial charge on any atom is -0.459 e. The number of nitrogens with one attached hydrogen (secondary N) is 2. The van der Waals surface area contributed by atoms with Crippen LogP contribution in [0.3, 0.4) is 0 Å². The van der Waals surface area contributed by atoms with Gasteiger partial charge in [0.1, 0.15) is 16.6 Å². The Morgan fingerprint density at radius 3 is 2.60 bits per heavy atom. The highest BCUT2D eigenvalue weighted by atomic mass is 32.1. The molecular formula is C23H20FN3O2S. The van der Waals surface area contributed by atoms with Gasteiger partial charge in [0.2, 0.25) is 0 Å². The Labute approximate surface area is 177 Å². The highest BCUT2D eigenvalue weighted by molar-refractivity contribution is 7.16. The monoisotopic (exact) mass is 421 g/mol. The number of nitrogens with zero attached hydrogens (tertiary/aromatic N) is 1. The van der Waals surface area contributed by atoms with Crippen LogP contribution in [0.25, 0.3) is 0 Å². The van der Waals surface area contributed by atoms with Crippen LogP contribution in [0.4, 0.5) is 15.2 Å². The van der Waals surface area contributed by atoms with Crippen molar-refractivity contribution >= 4 is 28.1 Å². The highest BCUT2D eigenvalue weighted by Crippen LogP contribution is 2.41. The number of carbonyl (C=O) groups is 1. The number of rotatable bonds is 6. The van der Waals surface area contributed by atoms with Crippen molar-refractivity contribution in [1.29, 1.82) is 0 Å². The van der Waals surface area contributed by atoms with Gasteiger partial charge in [-0.25, -0.2) is 9.37 Å². The van der Waals surface area contributed by atoms with Crippen molar-refractivity contribution in [3.8, 4) is 0 Å². The van der Waals surface area contributed by atoms with E-state index in [1.807, 2.05) is 32.0 Å². The molecular weight excluding hydrogens is 401 g/mol. The van der Waals surface area contributed by atoms with Crippen molar-refractivity contribution in [1.82, 2.24) is 4.98 Å². The lowest BCUT2D eigenvalue weighted by Crippen LogP contribution is -2.18. The number of thiophene rings is 1. The lowest BCUT2D eigenvalue weighted by Gasteiger charge is -2.22. The van der Waals surface area contributed by atoms with E-state index in [0.29, 0.717) is 16.4 Å². The number of halogens is 1. The predicted molar refractivity (Wildman–Crippen MR) is 117 cm³/mol. The summed E-state index contributed by atoms with van der Waals surface area (Å²) in [5, 5.41) is 6.91. The number of aryl methyl sites for hydroxylation is 1. The van der Waals surface area contributed by atoms with E-state index in [1.54, 1.807) is 36.5 Å². The lowest BCUT2D eigenvalue weighted by molar-refractivity contribution is 0.0997. The number of benzene rings is 1. The molecule has 0 saturated heterocycles. The molecule has 0 aliphatic carbocycles. The second-order valence-corrected chi connectivity index (χ2v) is 8.00. The van der Waals surface area contributed by atoms with Crippen molar-refractivity contribution in [2.24, 2.45) is 0 Å².